The number of morpholine rings is 1. The predicted molar refractivity (Wildman–Crippen MR) is 62.0 cm³/mol. The van der Waals surface area contributed by atoms with Gasteiger partial charge in [0.25, 0.3) is 0 Å². The van der Waals surface area contributed by atoms with Gasteiger partial charge in [-0.1, -0.05) is 0 Å². The summed E-state index contributed by atoms with van der Waals surface area (Å²) in [5.41, 5.74) is 0. The van der Waals surface area contributed by atoms with E-state index in [2.05, 4.69) is 7.05 Å². The van der Waals surface area contributed by atoms with Crippen LogP contribution >= 0.6 is 0 Å². The topological polar surface area (TPSA) is 29.5 Å². The summed E-state index contributed by atoms with van der Waals surface area (Å²) in [7, 11) is 2.37. The summed E-state index contributed by atoms with van der Waals surface area (Å²) >= 11 is 0. The maximum atomic E-state index is 10.3. The number of quaternary nitrogens is 1. The second-order valence-electron chi connectivity index (χ2n) is 6.18. The first-order chi connectivity index (χ1) is 7.71. The van der Waals surface area contributed by atoms with Gasteiger partial charge in [-0.05, 0) is 25.2 Å². The summed E-state index contributed by atoms with van der Waals surface area (Å²) in [5, 5.41) is 10.3. The standard InChI is InChI=1S/C13H24NO2.HI/c1-14(6-8-16-9-7-14)12-5-3-10-2-4-11(12)13(10)15;/h10-13,15H,2-9H2,1H3;1H/q+1;/p-1. The average molecular weight is 353 g/mol. The molecule has 3 rings (SSSR count). The number of aliphatic hydroxyl groups excluding tert-OH is 1. The molecule has 4 atom stereocenters. The Labute approximate surface area is 121 Å². The van der Waals surface area contributed by atoms with E-state index in [-0.39, 0.29) is 30.1 Å². The first-order valence-corrected chi connectivity index (χ1v) is 6.81. The molecular weight excluding hydrogens is 329 g/mol. The van der Waals surface area contributed by atoms with Crippen LogP contribution in [0.1, 0.15) is 25.7 Å². The average Bonchev–Trinajstić information content (AvgIpc) is 2.53. The summed E-state index contributed by atoms with van der Waals surface area (Å²) in [6.45, 7) is 4.08. The number of likely N-dealkylation sites (N-methyl/N-ethyl adjacent to an activating group) is 1. The minimum Gasteiger partial charge on any atom is -1.00 e. The number of hydrogen-bond acceptors (Lipinski definition) is 2. The van der Waals surface area contributed by atoms with Gasteiger partial charge < -0.3 is 38.3 Å². The minimum absolute atomic E-state index is 0. The quantitative estimate of drug-likeness (QED) is 0.437. The van der Waals surface area contributed by atoms with E-state index in [1.165, 1.54) is 25.7 Å². The van der Waals surface area contributed by atoms with Gasteiger partial charge in [-0.3, -0.25) is 0 Å². The Morgan fingerprint density at radius 2 is 1.71 bits per heavy atom. The largest absolute Gasteiger partial charge is 1.00 e. The van der Waals surface area contributed by atoms with Gasteiger partial charge in [0, 0.05) is 12.3 Å². The normalized spacial score (nSPS) is 44.1. The van der Waals surface area contributed by atoms with Crippen LogP contribution < -0.4 is 24.0 Å². The van der Waals surface area contributed by atoms with E-state index in [0.29, 0.717) is 17.9 Å². The van der Waals surface area contributed by atoms with Crippen molar-refractivity contribution in [3.8, 4) is 0 Å². The molecule has 1 N–H and O–H groups in total. The molecule has 0 aromatic carbocycles. The predicted octanol–water partition coefficient (Wildman–Crippen LogP) is -1.98. The van der Waals surface area contributed by atoms with Gasteiger partial charge >= 0.3 is 0 Å². The maximum Gasteiger partial charge on any atom is 0.102 e. The van der Waals surface area contributed by atoms with E-state index < -0.39 is 0 Å². The van der Waals surface area contributed by atoms with Crippen LogP contribution in [-0.2, 0) is 4.74 Å². The summed E-state index contributed by atoms with van der Waals surface area (Å²) in [6.07, 6.45) is 5.08. The van der Waals surface area contributed by atoms with Crippen LogP contribution in [-0.4, -0.2) is 55.1 Å². The highest BCUT2D eigenvalue weighted by Crippen LogP contribution is 2.45. The Morgan fingerprint density at radius 3 is 2.41 bits per heavy atom. The molecule has 1 aliphatic heterocycles. The van der Waals surface area contributed by atoms with E-state index in [0.717, 1.165) is 30.8 Å². The summed E-state index contributed by atoms with van der Waals surface area (Å²) in [6, 6.07) is 0.692. The molecule has 3 nitrogen and oxygen atoms in total. The Kier molecular flexibility index (Phi) is 4.38. The number of ether oxygens (including phenoxy) is 1. The zero-order chi connectivity index (χ0) is 11.2. The van der Waals surface area contributed by atoms with E-state index in [1.807, 2.05) is 0 Å². The number of hydrogen-bond donors (Lipinski definition) is 1. The second-order valence-corrected chi connectivity index (χ2v) is 6.18. The van der Waals surface area contributed by atoms with Gasteiger partial charge in [0.1, 0.15) is 13.1 Å². The van der Waals surface area contributed by atoms with Crippen molar-refractivity contribution in [3.05, 3.63) is 0 Å². The van der Waals surface area contributed by atoms with Gasteiger partial charge in [-0.25, -0.2) is 0 Å². The molecule has 2 aliphatic carbocycles. The number of aliphatic hydroxyl groups is 1. The van der Waals surface area contributed by atoms with E-state index >= 15 is 0 Å². The van der Waals surface area contributed by atoms with Crippen LogP contribution in [0.2, 0.25) is 0 Å². The van der Waals surface area contributed by atoms with Crippen LogP contribution in [0.5, 0.6) is 0 Å². The smallest absolute Gasteiger partial charge is 0.102 e. The summed E-state index contributed by atoms with van der Waals surface area (Å²) < 4.78 is 6.63. The zero-order valence-electron chi connectivity index (χ0n) is 10.6. The fourth-order valence-corrected chi connectivity index (χ4v) is 4.30. The molecule has 2 bridgehead atoms. The number of halogens is 1. The molecule has 0 amide bonds. The second kappa shape index (κ2) is 5.31. The van der Waals surface area contributed by atoms with Crippen LogP contribution in [0, 0.1) is 11.8 Å². The fourth-order valence-electron chi connectivity index (χ4n) is 4.30. The Bertz CT molecular complexity index is 268. The molecule has 0 aromatic rings. The molecule has 4 unspecified atom stereocenters. The van der Waals surface area contributed by atoms with Gasteiger partial charge in [0.05, 0.1) is 32.4 Å². The third-order valence-corrected chi connectivity index (χ3v) is 5.41. The van der Waals surface area contributed by atoms with Crippen molar-refractivity contribution in [2.24, 2.45) is 11.8 Å². The van der Waals surface area contributed by atoms with Crippen LogP contribution in [0.4, 0.5) is 0 Å². The van der Waals surface area contributed by atoms with Crippen LogP contribution in [0.15, 0.2) is 0 Å². The molecule has 0 spiro atoms. The van der Waals surface area contributed by atoms with Crippen molar-refractivity contribution in [3.63, 3.8) is 0 Å². The molecule has 17 heavy (non-hydrogen) atoms. The van der Waals surface area contributed by atoms with Crippen molar-refractivity contribution in [2.45, 2.75) is 37.8 Å². The van der Waals surface area contributed by atoms with Crippen molar-refractivity contribution < 1.29 is 38.3 Å². The number of nitrogens with zero attached hydrogens (tertiary/aromatic N) is 1. The zero-order valence-corrected chi connectivity index (χ0v) is 12.8. The van der Waals surface area contributed by atoms with Crippen molar-refractivity contribution >= 4 is 0 Å². The Balaban J connectivity index is 0.00000108. The molecule has 1 heterocycles. The minimum atomic E-state index is -0.00320. The molecule has 0 aromatic heterocycles. The first kappa shape index (κ1) is 14.0. The van der Waals surface area contributed by atoms with Gasteiger partial charge in [-0.2, -0.15) is 0 Å². The summed E-state index contributed by atoms with van der Waals surface area (Å²) in [4.78, 5) is 0. The lowest BCUT2D eigenvalue weighted by Crippen LogP contribution is -3.00. The van der Waals surface area contributed by atoms with Gasteiger partial charge in [-0.15, -0.1) is 0 Å². The van der Waals surface area contributed by atoms with Crippen molar-refractivity contribution in [1.82, 2.24) is 0 Å². The third-order valence-electron chi connectivity index (χ3n) is 5.41. The highest BCUT2D eigenvalue weighted by molar-refractivity contribution is 4.94. The highest BCUT2D eigenvalue weighted by Gasteiger charge is 2.50. The molecule has 100 valence electrons. The lowest BCUT2D eigenvalue weighted by atomic mass is 9.80. The highest BCUT2D eigenvalue weighted by atomic mass is 127. The molecule has 3 aliphatic rings. The van der Waals surface area contributed by atoms with Crippen molar-refractivity contribution in [2.75, 3.05) is 33.4 Å². The molecule has 4 heteroatoms. The monoisotopic (exact) mass is 353 g/mol. The van der Waals surface area contributed by atoms with Crippen LogP contribution in [0.25, 0.3) is 0 Å². The first-order valence-electron chi connectivity index (χ1n) is 6.81. The molecule has 0 radical (unpaired) electrons. The van der Waals surface area contributed by atoms with Crippen molar-refractivity contribution in [1.29, 1.82) is 0 Å². The molecule has 2 saturated carbocycles. The lowest BCUT2D eigenvalue weighted by molar-refractivity contribution is -0.945. The summed E-state index contributed by atoms with van der Waals surface area (Å²) in [5.74, 6) is 1.19. The van der Waals surface area contributed by atoms with Gasteiger partial charge in [0.15, 0.2) is 0 Å². The molecule has 1 saturated heterocycles. The Hall–Kier alpha value is 0.610. The Morgan fingerprint density at radius 1 is 1.06 bits per heavy atom. The maximum absolute atomic E-state index is 10.3. The van der Waals surface area contributed by atoms with E-state index in [9.17, 15) is 5.11 Å². The molecule has 3 fully saturated rings. The number of fused-ring (bicyclic) bond motifs is 2. The fraction of sp³-hybridized carbons (Fsp3) is 1.00. The van der Waals surface area contributed by atoms with Gasteiger partial charge in [0.2, 0.25) is 0 Å². The number of rotatable bonds is 1. The third kappa shape index (κ3) is 2.38. The van der Waals surface area contributed by atoms with E-state index in [4.69, 9.17) is 4.74 Å². The van der Waals surface area contributed by atoms with Crippen LogP contribution in [0.3, 0.4) is 0 Å². The van der Waals surface area contributed by atoms with E-state index in [1.54, 1.807) is 0 Å². The lowest BCUT2D eigenvalue weighted by Gasteiger charge is -2.49. The SMILES string of the molecule is C[N+]1(C2CCC3CCC2C3O)CCOCC1.[I-]. The molecular formula is C13H24INO2.